The van der Waals surface area contributed by atoms with Crippen molar-refractivity contribution < 1.29 is 0 Å². The van der Waals surface area contributed by atoms with Crippen LogP contribution in [0, 0.1) is 5.92 Å². The summed E-state index contributed by atoms with van der Waals surface area (Å²) in [5.41, 5.74) is 1.52. The fraction of sp³-hybridized carbons (Fsp3) is 0.667. The Balaban J connectivity index is 1.62. The maximum atomic E-state index is 2.68. The molecule has 1 aromatic carbocycles. The predicted molar refractivity (Wildman–Crippen MR) is 83.5 cm³/mol. The molecule has 0 radical (unpaired) electrons. The molecule has 1 nitrogen and oxygen atoms in total. The standard InChI is InChI=1S/C18H29N/c1-2-3-4-8-13-19-14-11-18(12-15-19)16-17-9-6-5-7-10-17/h5-7,9-10,18H,2-4,8,11-16H2,1H3. The number of unbranched alkanes of at least 4 members (excludes halogenated alkanes) is 3. The maximum absolute atomic E-state index is 2.68. The first-order valence-electron chi connectivity index (χ1n) is 8.14. The molecule has 0 spiro atoms. The number of hydrogen-bond donors (Lipinski definition) is 0. The van der Waals surface area contributed by atoms with Crippen LogP contribution in [-0.2, 0) is 6.42 Å². The van der Waals surface area contributed by atoms with Gasteiger partial charge in [-0.3, -0.25) is 0 Å². The number of nitrogens with zero attached hydrogens (tertiary/aromatic N) is 1. The van der Waals surface area contributed by atoms with E-state index in [9.17, 15) is 0 Å². The summed E-state index contributed by atoms with van der Waals surface area (Å²) < 4.78 is 0. The topological polar surface area (TPSA) is 3.24 Å². The van der Waals surface area contributed by atoms with Gasteiger partial charge in [-0.25, -0.2) is 0 Å². The van der Waals surface area contributed by atoms with Gasteiger partial charge in [0.25, 0.3) is 0 Å². The molecule has 106 valence electrons. The molecule has 19 heavy (non-hydrogen) atoms. The van der Waals surface area contributed by atoms with Crippen LogP contribution >= 0.6 is 0 Å². The Hall–Kier alpha value is -0.820. The first-order valence-corrected chi connectivity index (χ1v) is 8.14. The molecule has 1 aliphatic rings. The minimum Gasteiger partial charge on any atom is -0.303 e. The molecule has 1 aromatic rings. The number of rotatable bonds is 7. The molecular weight excluding hydrogens is 230 g/mol. The Morgan fingerprint density at radius 3 is 2.42 bits per heavy atom. The van der Waals surface area contributed by atoms with Crippen LogP contribution < -0.4 is 0 Å². The molecule has 0 aliphatic carbocycles. The van der Waals surface area contributed by atoms with E-state index in [-0.39, 0.29) is 0 Å². The molecule has 2 rings (SSSR count). The van der Waals surface area contributed by atoms with E-state index in [1.165, 1.54) is 70.1 Å². The predicted octanol–water partition coefficient (Wildman–Crippen LogP) is 4.52. The third-order valence-corrected chi connectivity index (χ3v) is 4.40. The highest BCUT2D eigenvalue weighted by Crippen LogP contribution is 2.21. The quantitative estimate of drug-likeness (QED) is 0.651. The lowest BCUT2D eigenvalue weighted by molar-refractivity contribution is 0.181. The van der Waals surface area contributed by atoms with Gasteiger partial charge in [-0.05, 0) is 56.8 Å². The summed E-state index contributed by atoms with van der Waals surface area (Å²) in [6.07, 6.45) is 9.64. The first kappa shape index (κ1) is 14.6. The van der Waals surface area contributed by atoms with Gasteiger partial charge < -0.3 is 4.90 Å². The summed E-state index contributed by atoms with van der Waals surface area (Å²) in [5, 5.41) is 0. The van der Waals surface area contributed by atoms with E-state index in [1.54, 1.807) is 0 Å². The number of hydrogen-bond acceptors (Lipinski definition) is 1. The maximum Gasteiger partial charge on any atom is -0.00160 e. The van der Waals surface area contributed by atoms with Crippen LogP contribution in [0.15, 0.2) is 30.3 Å². The fourth-order valence-electron chi connectivity index (χ4n) is 3.12. The van der Waals surface area contributed by atoms with Crippen molar-refractivity contribution in [1.29, 1.82) is 0 Å². The van der Waals surface area contributed by atoms with Crippen LogP contribution in [0.2, 0.25) is 0 Å². The third kappa shape index (κ3) is 5.36. The van der Waals surface area contributed by atoms with Crippen molar-refractivity contribution in [3.8, 4) is 0 Å². The molecule has 0 atom stereocenters. The van der Waals surface area contributed by atoms with Crippen molar-refractivity contribution in [3.63, 3.8) is 0 Å². The highest BCUT2D eigenvalue weighted by molar-refractivity contribution is 5.15. The van der Waals surface area contributed by atoms with Crippen LogP contribution in [0.25, 0.3) is 0 Å². The van der Waals surface area contributed by atoms with Crippen molar-refractivity contribution >= 4 is 0 Å². The van der Waals surface area contributed by atoms with E-state index in [0.717, 1.165) is 5.92 Å². The van der Waals surface area contributed by atoms with Gasteiger partial charge in [-0.15, -0.1) is 0 Å². The highest BCUT2D eigenvalue weighted by Gasteiger charge is 2.18. The van der Waals surface area contributed by atoms with Crippen LogP contribution in [0.4, 0.5) is 0 Å². The van der Waals surface area contributed by atoms with Crippen molar-refractivity contribution in [2.75, 3.05) is 19.6 Å². The minimum atomic E-state index is 0.911. The molecule has 1 aliphatic heterocycles. The van der Waals surface area contributed by atoms with E-state index in [0.29, 0.717) is 0 Å². The summed E-state index contributed by atoms with van der Waals surface area (Å²) >= 11 is 0. The molecule has 1 saturated heterocycles. The summed E-state index contributed by atoms with van der Waals surface area (Å²) in [7, 11) is 0. The zero-order valence-electron chi connectivity index (χ0n) is 12.5. The molecule has 0 amide bonds. The zero-order chi connectivity index (χ0) is 13.3. The van der Waals surface area contributed by atoms with E-state index >= 15 is 0 Å². The van der Waals surface area contributed by atoms with E-state index < -0.39 is 0 Å². The summed E-state index contributed by atoms with van der Waals surface area (Å²) in [6, 6.07) is 11.0. The van der Waals surface area contributed by atoms with E-state index in [4.69, 9.17) is 0 Å². The lowest BCUT2D eigenvalue weighted by Crippen LogP contribution is -2.35. The normalized spacial score (nSPS) is 17.7. The molecule has 1 heterocycles. The average Bonchev–Trinajstić information content (AvgIpc) is 2.46. The van der Waals surface area contributed by atoms with Crippen LogP contribution in [-0.4, -0.2) is 24.5 Å². The van der Waals surface area contributed by atoms with Gasteiger partial charge in [0, 0.05) is 0 Å². The van der Waals surface area contributed by atoms with E-state index in [2.05, 4.69) is 42.2 Å². The van der Waals surface area contributed by atoms with Crippen LogP contribution in [0.5, 0.6) is 0 Å². The number of benzene rings is 1. The second-order valence-electron chi connectivity index (χ2n) is 6.04. The van der Waals surface area contributed by atoms with Gasteiger partial charge in [0.2, 0.25) is 0 Å². The highest BCUT2D eigenvalue weighted by atomic mass is 15.1. The lowest BCUT2D eigenvalue weighted by Gasteiger charge is -2.32. The van der Waals surface area contributed by atoms with Gasteiger partial charge in [0.05, 0.1) is 0 Å². The molecule has 0 aromatic heterocycles. The van der Waals surface area contributed by atoms with Gasteiger partial charge in [0.15, 0.2) is 0 Å². The van der Waals surface area contributed by atoms with Crippen molar-refractivity contribution in [2.24, 2.45) is 5.92 Å². The van der Waals surface area contributed by atoms with Crippen molar-refractivity contribution in [2.45, 2.75) is 51.9 Å². The Bertz CT molecular complexity index is 325. The summed E-state index contributed by atoms with van der Waals surface area (Å²) in [4.78, 5) is 2.68. The molecule has 1 fully saturated rings. The van der Waals surface area contributed by atoms with Crippen molar-refractivity contribution in [3.05, 3.63) is 35.9 Å². The zero-order valence-corrected chi connectivity index (χ0v) is 12.5. The van der Waals surface area contributed by atoms with Crippen LogP contribution in [0.1, 0.15) is 51.0 Å². The van der Waals surface area contributed by atoms with Gasteiger partial charge in [0.1, 0.15) is 0 Å². The Labute approximate surface area is 119 Å². The Kier molecular flexibility index (Phi) is 6.43. The third-order valence-electron chi connectivity index (χ3n) is 4.40. The number of piperidine rings is 1. The van der Waals surface area contributed by atoms with Crippen molar-refractivity contribution in [1.82, 2.24) is 4.90 Å². The Morgan fingerprint density at radius 2 is 1.74 bits per heavy atom. The van der Waals surface area contributed by atoms with Gasteiger partial charge in [-0.2, -0.15) is 0 Å². The monoisotopic (exact) mass is 259 g/mol. The van der Waals surface area contributed by atoms with Crippen LogP contribution in [0.3, 0.4) is 0 Å². The minimum absolute atomic E-state index is 0.911. The average molecular weight is 259 g/mol. The molecule has 1 heteroatoms. The SMILES string of the molecule is CCCCCCN1CCC(Cc2ccccc2)CC1. The molecule has 0 saturated carbocycles. The summed E-state index contributed by atoms with van der Waals surface area (Å²) in [6.45, 7) is 6.26. The molecule has 0 N–H and O–H groups in total. The smallest absolute Gasteiger partial charge is 0.00160 e. The lowest BCUT2D eigenvalue weighted by atomic mass is 9.90. The molecule has 0 bridgehead atoms. The second kappa shape index (κ2) is 8.37. The number of likely N-dealkylation sites (tertiary alicyclic amines) is 1. The van der Waals surface area contributed by atoms with Gasteiger partial charge in [-0.1, -0.05) is 56.5 Å². The fourth-order valence-corrected chi connectivity index (χ4v) is 3.12. The molecule has 0 unspecified atom stereocenters. The second-order valence-corrected chi connectivity index (χ2v) is 6.04. The molecular formula is C18H29N. The largest absolute Gasteiger partial charge is 0.303 e. The van der Waals surface area contributed by atoms with Gasteiger partial charge >= 0.3 is 0 Å². The van der Waals surface area contributed by atoms with E-state index in [1.807, 2.05) is 0 Å². The summed E-state index contributed by atoms with van der Waals surface area (Å²) in [5.74, 6) is 0.911. The first-order chi connectivity index (χ1) is 9.38. The Morgan fingerprint density at radius 1 is 1.00 bits per heavy atom.